The average Bonchev–Trinajstić information content (AvgIpc) is 2.28. The number of ether oxygens (including phenoxy) is 1. The van der Waals surface area contributed by atoms with Crippen molar-refractivity contribution in [1.29, 1.82) is 0 Å². The number of hydrogen-bond acceptors (Lipinski definition) is 3. The second-order valence-corrected chi connectivity index (χ2v) is 4.10. The topological polar surface area (TPSA) is 38.3 Å². The molecular formula is C11H13BrFNO2. The normalized spacial score (nSPS) is 12.2. The molecule has 0 bridgehead atoms. The molecule has 1 aromatic rings. The lowest BCUT2D eigenvalue weighted by molar-refractivity contribution is -0.143. The van der Waals surface area contributed by atoms with Crippen LogP contribution in [0.2, 0.25) is 0 Å². The van der Waals surface area contributed by atoms with Gasteiger partial charge in [-0.1, -0.05) is 22.9 Å². The summed E-state index contributed by atoms with van der Waals surface area (Å²) >= 11 is 3.24. The van der Waals surface area contributed by atoms with Gasteiger partial charge in [0.25, 0.3) is 0 Å². The average molecular weight is 290 g/mol. The summed E-state index contributed by atoms with van der Waals surface area (Å²) in [6.07, 6.45) is 0. The zero-order valence-corrected chi connectivity index (χ0v) is 10.7. The maximum Gasteiger partial charge on any atom is 0.327 e. The summed E-state index contributed by atoms with van der Waals surface area (Å²) in [5.41, 5.74) is 0.281. The van der Waals surface area contributed by atoms with Gasteiger partial charge in [0, 0.05) is 10.0 Å². The highest BCUT2D eigenvalue weighted by atomic mass is 79.9. The second kappa shape index (κ2) is 5.96. The summed E-state index contributed by atoms with van der Waals surface area (Å²) in [6, 6.07) is 3.69. The zero-order chi connectivity index (χ0) is 12.1. The molecule has 3 nitrogen and oxygen atoms in total. The SMILES string of the molecule is CCNC(C(=O)OC)c1cc(Br)ccc1F. The third kappa shape index (κ3) is 3.02. The molecule has 0 aliphatic heterocycles. The molecule has 0 fully saturated rings. The quantitative estimate of drug-likeness (QED) is 0.865. The Morgan fingerprint density at radius 1 is 1.62 bits per heavy atom. The van der Waals surface area contributed by atoms with E-state index >= 15 is 0 Å². The van der Waals surface area contributed by atoms with Crippen LogP contribution in [0, 0.1) is 5.82 Å². The number of halogens is 2. The molecule has 0 saturated heterocycles. The van der Waals surface area contributed by atoms with Crippen LogP contribution in [0.25, 0.3) is 0 Å². The Morgan fingerprint density at radius 2 is 2.31 bits per heavy atom. The highest BCUT2D eigenvalue weighted by Crippen LogP contribution is 2.22. The highest BCUT2D eigenvalue weighted by molar-refractivity contribution is 9.10. The van der Waals surface area contributed by atoms with Crippen molar-refractivity contribution in [1.82, 2.24) is 5.32 Å². The maximum absolute atomic E-state index is 13.6. The molecule has 1 N–H and O–H groups in total. The summed E-state index contributed by atoms with van der Waals surface area (Å²) in [4.78, 5) is 11.5. The molecule has 0 amide bonds. The fourth-order valence-electron chi connectivity index (χ4n) is 1.38. The van der Waals surface area contributed by atoms with Crippen molar-refractivity contribution < 1.29 is 13.9 Å². The number of likely N-dealkylation sites (N-methyl/N-ethyl adjacent to an activating group) is 1. The van der Waals surface area contributed by atoms with Gasteiger partial charge in [0.15, 0.2) is 0 Å². The van der Waals surface area contributed by atoms with E-state index in [-0.39, 0.29) is 5.56 Å². The van der Waals surface area contributed by atoms with Gasteiger partial charge in [0.05, 0.1) is 7.11 Å². The smallest absolute Gasteiger partial charge is 0.327 e. The van der Waals surface area contributed by atoms with Crippen LogP contribution in [0.3, 0.4) is 0 Å². The van der Waals surface area contributed by atoms with Crippen LogP contribution in [-0.4, -0.2) is 19.6 Å². The Bertz CT molecular complexity index is 384. The maximum atomic E-state index is 13.6. The molecule has 0 aliphatic carbocycles. The summed E-state index contributed by atoms with van der Waals surface area (Å²) in [6.45, 7) is 2.39. The lowest BCUT2D eigenvalue weighted by Crippen LogP contribution is -2.30. The van der Waals surface area contributed by atoms with E-state index < -0.39 is 17.8 Å². The number of benzene rings is 1. The van der Waals surface area contributed by atoms with Crippen LogP contribution >= 0.6 is 15.9 Å². The van der Waals surface area contributed by atoms with Crippen molar-refractivity contribution in [2.75, 3.05) is 13.7 Å². The number of hydrogen-bond donors (Lipinski definition) is 1. The van der Waals surface area contributed by atoms with Gasteiger partial charge in [-0.3, -0.25) is 0 Å². The van der Waals surface area contributed by atoms with Gasteiger partial charge < -0.3 is 10.1 Å². The molecule has 16 heavy (non-hydrogen) atoms. The van der Waals surface area contributed by atoms with Gasteiger partial charge in [-0.2, -0.15) is 0 Å². The molecule has 1 unspecified atom stereocenters. The minimum atomic E-state index is -0.771. The molecule has 0 spiro atoms. The van der Waals surface area contributed by atoms with Crippen LogP contribution < -0.4 is 5.32 Å². The van der Waals surface area contributed by atoms with Gasteiger partial charge in [-0.15, -0.1) is 0 Å². The molecule has 0 saturated carbocycles. The monoisotopic (exact) mass is 289 g/mol. The molecular weight excluding hydrogens is 277 g/mol. The third-order valence-corrected chi connectivity index (χ3v) is 2.61. The van der Waals surface area contributed by atoms with E-state index in [9.17, 15) is 9.18 Å². The summed E-state index contributed by atoms with van der Waals surface area (Å²) in [7, 11) is 1.28. The number of carbonyl (C=O) groups is 1. The van der Waals surface area contributed by atoms with Crippen LogP contribution in [0.4, 0.5) is 4.39 Å². The van der Waals surface area contributed by atoms with E-state index in [1.807, 2.05) is 6.92 Å². The Labute approximate surface area is 102 Å². The first kappa shape index (κ1) is 13.1. The Hall–Kier alpha value is -0.940. The highest BCUT2D eigenvalue weighted by Gasteiger charge is 2.23. The predicted octanol–water partition coefficient (Wildman–Crippen LogP) is 2.41. The van der Waals surface area contributed by atoms with Gasteiger partial charge >= 0.3 is 5.97 Å². The van der Waals surface area contributed by atoms with Crippen molar-refractivity contribution in [3.05, 3.63) is 34.1 Å². The fraction of sp³-hybridized carbons (Fsp3) is 0.364. The molecule has 1 atom stereocenters. The van der Waals surface area contributed by atoms with Crippen molar-refractivity contribution in [2.45, 2.75) is 13.0 Å². The lowest BCUT2D eigenvalue weighted by Gasteiger charge is -2.16. The van der Waals surface area contributed by atoms with Crippen molar-refractivity contribution >= 4 is 21.9 Å². The third-order valence-electron chi connectivity index (χ3n) is 2.11. The number of esters is 1. The molecule has 0 radical (unpaired) electrons. The van der Waals surface area contributed by atoms with Gasteiger partial charge in [0.1, 0.15) is 11.9 Å². The van der Waals surface area contributed by atoms with E-state index in [0.29, 0.717) is 6.54 Å². The molecule has 0 heterocycles. The summed E-state index contributed by atoms with van der Waals surface area (Å²) in [5.74, 6) is -0.932. The number of methoxy groups -OCH3 is 1. The first-order chi connectivity index (χ1) is 7.60. The Kier molecular flexibility index (Phi) is 4.89. The summed E-state index contributed by atoms with van der Waals surface area (Å²) in [5, 5.41) is 2.88. The van der Waals surface area contributed by atoms with Crippen LogP contribution in [-0.2, 0) is 9.53 Å². The van der Waals surface area contributed by atoms with Gasteiger partial charge in [-0.05, 0) is 24.7 Å². The molecule has 1 rings (SSSR count). The molecule has 1 aromatic carbocycles. The van der Waals surface area contributed by atoms with Crippen molar-refractivity contribution in [2.24, 2.45) is 0 Å². The first-order valence-electron chi connectivity index (χ1n) is 4.86. The van der Waals surface area contributed by atoms with E-state index in [4.69, 9.17) is 0 Å². The summed E-state index contributed by atoms with van der Waals surface area (Å²) < 4.78 is 18.9. The van der Waals surface area contributed by atoms with Crippen molar-refractivity contribution in [3.8, 4) is 0 Å². The minimum Gasteiger partial charge on any atom is -0.468 e. The zero-order valence-electron chi connectivity index (χ0n) is 9.09. The lowest BCUT2D eigenvalue weighted by atomic mass is 10.1. The van der Waals surface area contributed by atoms with Crippen molar-refractivity contribution in [3.63, 3.8) is 0 Å². The largest absolute Gasteiger partial charge is 0.468 e. The van der Waals surface area contributed by atoms with Crippen LogP contribution in [0.1, 0.15) is 18.5 Å². The van der Waals surface area contributed by atoms with E-state index in [2.05, 4.69) is 26.0 Å². The molecule has 88 valence electrons. The number of carbonyl (C=O) groups excluding carboxylic acids is 1. The standard InChI is InChI=1S/C11H13BrFNO2/c1-3-14-10(11(15)16-2)8-6-7(12)4-5-9(8)13/h4-6,10,14H,3H2,1-2H3. The second-order valence-electron chi connectivity index (χ2n) is 3.18. The number of rotatable bonds is 4. The van der Waals surface area contributed by atoms with E-state index in [1.54, 1.807) is 12.1 Å². The number of nitrogens with one attached hydrogen (secondary N) is 1. The van der Waals surface area contributed by atoms with Gasteiger partial charge in [-0.25, -0.2) is 9.18 Å². The molecule has 5 heteroatoms. The van der Waals surface area contributed by atoms with Gasteiger partial charge in [0.2, 0.25) is 0 Å². The Morgan fingerprint density at radius 3 is 2.88 bits per heavy atom. The van der Waals surface area contributed by atoms with E-state index in [1.165, 1.54) is 13.2 Å². The Balaban J connectivity index is 3.09. The first-order valence-corrected chi connectivity index (χ1v) is 5.65. The molecule has 0 aliphatic rings. The van der Waals surface area contributed by atoms with Crippen LogP contribution in [0.15, 0.2) is 22.7 Å². The fourth-order valence-corrected chi connectivity index (χ4v) is 1.76. The molecule has 0 aromatic heterocycles. The minimum absolute atomic E-state index is 0.281. The van der Waals surface area contributed by atoms with Crippen LogP contribution in [0.5, 0.6) is 0 Å². The van der Waals surface area contributed by atoms with E-state index in [0.717, 1.165) is 4.47 Å². The predicted molar refractivity (Wildman–Crippen MR) is 62.5 cm³/mol.